The molecule has 2 heterocycles. The fraction of sp³-hybridized carbons (Fsp3) is 0.286. The average molecular weight is 335 g/mol. The minimum absolute atomic E-state index is 0.00774. The van der Waals surface area contributed by atoms with Gasteiger partial charge in [0.05, 0.1) is 17.1 Å². The minimum atomic E-state index is -0.00774. The van der Waals surface area contributed by atoms with E-state index in [0.29, 0.717) is 0 Å². The van der Waals surface area contributed by atoms with Crippen molar-refractivity contribution in [1.82, 2.24) is 18.9 Å². The van der Waals surface area contributed by atoms with Crippen molar-refractivity contribution in [2.45, 2.75) is 13.0 Å². The Balaban J connectivity index is 2.14. The Kier molecular flexibility index (Phi) is 3.05. The largest absolute Gasteiger partial charge is 0.328 e. The normalized spacial score (nSPS) is 13.0. The van der Waals surface area contributed by atoms with Crippen LogP contribution in [0.4, 0.5) is 0 Å². The molecule has 0 fully saturated rings. The monoisotopic (exact) mass is 334 g/mol. The number of halogens is 1. The highest BCUT2D eigenvalue weighted by molar-refractivity contribution is 9.10. The van der Waals surface area contributed by atoms with Gasteiger partial charge >= 0.3 is 5.69 Å². The van der Waals surface area contributed by atoms with E-state index in [2.05, 4.69) is 34.0 Å². The zero-order chi connectivity index (χ0) is 14.4. The average Bonchev–Trinajstić information content (AvgIpc) is 2.97. The number of aromatic nitrogens is 4. The summed E-state index contributed by atoms with van der Waals surface area (Å²) in [5, 5.41) is 4.37. The van der Waals surface area contributed by atoms with Gasteiger partial charge in [0.2, 0.25) is 0 Å². The number of nitrogens with zero attached hydrogens (tertiary/aromatic N) is 4. The van der Waals surface area contributed by atoms with Gasteiger partial charge in [0, 0.05) is 20.3 Å². The topological polar surface area (TPSA) is 44.8 Å². The number of hydrogen-bond donors (Lipinski definition) is 0. The molecule has 0 radical (unpaired) electrons. The van der Waals surface area contributed by atoms with Crippen LogP contribution in [-0.4, -0.2) is 18.9 Å². The van der Waals surface area contributed by atoms with E-state index in [1.807, 2.05) is 29.1 Å². The number of rotatable bonds is 2. The van der Waals surface area contributed by atoms with Crippen LogP contribution < -0.4 is 5.69 Å². The fourth-order valence-corrected chi connectivity index (χ4v) is 2.77. The van der Waals surface area contributed by atoms with Crippen LogP contribution in [0.2, 0.25) is 0 Å². The van der Waals surface area contributed by atoms with Gasteiger partial charge in [-0.3, -0.25) is 13.8 Å². The smallest absolute Gasteiger partial charge is 0.295 e. The van der Waals surface area contributed by atoms with Gasteiger partial charge in [0.1, 0.15) is 4.60 Å². The lowest BCUT2D eigenvalue weighted by atomic mass is 10.1. The van der Waals surface area contributed by atoms with E-state index in [1.54, 1.807) is 23.2 Å². The van der Waals surface area contributed by atoms with Crippen LogP contribution in [0.1, 0.15) is 18.5 Å². The third-order valence-electron chi connectivity index (χ3n) is 3.75. The first-order valence-electron chi connectivity index (χ1n) is 6.35. The number of fused-ring (bicyclic) bond motifs is 1. The summed E-state index contributed by atoms with van der Waals surface area (Å²) in [6, 6.07) is 8.11. The maximum absolute atomic E-state index is 11.9. The Morgan fingerprint density at radius 3 is 2.50 bits per heavy atom. The maximum atomic E-state index is 11.9. The molecule has 1 atom stereocenters. The highest BCUT2D eigenvalue weighted by Crippen LogP contribution is 2.22. The Hall–Kier alpha value is -1.82. The second-order valence-electron chi connectivity index (χ2n) is 4.94. The van der Waals surface area contributed by atoms with E-state index < -0.39 is 0 Å². The van der Waals surface area contributed by atoms with Crippen molar-refractivity contribution in [3.8, 4) is 0 Å². The van der Waals surface area contributed by atoms with Crippen LogP contribution in [-0.2, 0) is 14.1 Å². The summed E-state index contributed by atoms with van der Waals surface area (Å²) in [6.07, 6.45) is 1.93. The zero-order valence-corrected chi connectivity index (χ0v) is 13.1. The van der Waals surface area contributed by atoms with Crippen molar-refractivity contribution in [3.63, 3.8) is 0 Å². The molecule has 0 bridgehead atoms. The molecule has 5 nitrogen and oxygen atoms in total. The van der Waals surface area contributed by atoms with Gasteiger partial charge in [0.15, 0.2) is 0 Å². The van der Waals surface area contributed by atoms with E-state index in [9.17, 15) is 4.79 Å². The van der Waals surface area contributed by atoms with Gasteiger partial charge in [-0.25, -0.2) is 4.79 Å². The van der Waals surface area contributed by atoms with Crippen LogP contribution in [0.3, 0.4) is 0 Å². The van der Waals surface area contributed by atoms with Crippen LogP contribution in [0.5, 0.6) is 0 Å². The summed E-state index contributed by atoms with van der Waals surface area (Å²) in [4.78, 5) is 11.9. The van der Waals surface area contributed by atoms with Crippen molar-refractivity contribution < 1.29 is 0 Å². The number of aryl methyl sites for hydroxylation is 2. The second-order valence-corrected chi connectivity index (χ2v) is 5.76. The lowest BCUT2D eigenvalue weighted by molar-refractivity contribution is 0.562. The van der Waals surface area contributed by atoms with Crippen LogP contribution in [0.25, 0.3) is 11.0 Å². The molecule has 104 valence electrons. The maximum Gasteiger partial charge on any atom is 0.328 e. The first-order valence-corrected chi connectivity index (χ1v) is 7.14. The summed E-state index contributed by atoms with van der Waals surface area (Å²) in [5.41, 5.74) is 2.99. The lowest BCUT2D eigenvalue weighted by Crippen LogP contribution is -2.19. The number of imidazole rings is 1. The summed E-state index contributed by atoms with van der Waals surface area (Å²) < 4.78 is 6.04. The fourth-order valence-electron chi connectivity index (χ4n) is 2.47. The van der Waals surface area contributed by atoms with Crippen molar-refractivity contribution in [2.75, 3.05) is 0 Å². The van der Waals surface area contributed by atoms with Crippen LogP contribution in [0, 0.1) is 0 Å². The Labute approximate surface area is 124 Å². The summed E-state index contributed by atoms with van der Waals surface area (Å²) in [5.74, 6) is 0. The van der Waals surface area contributed by atoms with Crippen molar-refractivity contribution in [3.05, 3.63) is 51.1 Å². The molecule has 0 saturated heterocycles. The molecule has 20 heavy (non-hydrogen) atoms. The number of hydrogen-bond acceptors (Lipinski definition) is 2. The Bertz CT molecular complexity index is 843. The molecule has 6 heteroatoms. The van der Waals surface area contributed by atoms with Crippen molar-refractivity contribution in [1.29, 1.82) is 0 Å². The first kappa shape index (κ1) is 13.2. The summed E-state index contributed by atoms with van der Waals surface area (Å²) in [6.45, 7) is 2.08. The van der Waals surface area contributed by atoms with E-state index in [-0.39, 0.29) is 11.7 Å². The standard InChI is InChI=1S/C14H15BrN4O/c1-9(19-7-6-13(15)16-19)10-4-5-11-12(8-10)18(3)14(20)17(11)2/h4-9H,1-3H3. The predicted octanol–water partition coefficient (Wildman–Crippen LogP) is 2.45. The van der Waals surface area contributed by atoms with Crippen LogP contribution in [0.15, 0.2) is 39.9 Å². The van der Waals surface area contributed by atoms with Gasteiger partial charge in [-0.05, 0) is 46.6 Å². The van der Waals surface area contributed by atoms with E-state index in [0.717, 1.165) is 21.2 Å². The highest BCUT2D eigenvalue weighted by atomic mass is 79.9. The molecule has 1 unspecified atom stereocenters. The second kappa shape index (κ2) is 4.63. The molecule has 0 amide bonds. The molecule has 3 rings (SSSR count). The zero-order valence-electron chi connectivity index (χ0n) is 11.5. The summed E-state index contributed by atoms with van der Waals surface area (Å²) in [7, 11) is 3.59. The van der Waals surface area contributed by atoms with Crippen molar-refractivity contribution >= 4 is 27.0 Å². The van der Waals surface area contributed by atoms with Crippen molar-refractivity contribution in [2.24, 2.45) is 14.1 Å². The van der Waals surface area contributed by atoms with Gasteiger partial charge in [0.25, 0.3) is 0 Å². The van der Waals surface area contributed by atoms with Gasteiger partial charge < -0.3 is 0 Å². The molecule has 0 aliphatic heterocycles. The SMILES string of the molecule is CC(c1ccc2c(c1)n(C)c(=O)n2C)n1ccc(Br)n1. The molecular weight excluding hydrogens is 320 g/mol. The molecule has 1 aromatic carbocycles. The Morgan fingerprint density at radius 1 is 1.15 bits per heavy atom. The molecule has 0 aliphatic rings. The van der Waals surface area contributed by atoms with Gasteiger partial charge in [-0.15, -0.1) is 0 Å². The molecule has 0 saturated carbocycles. The molecule has 2 aromatic heterocycles. The van der Waals surface area contributed by atoms with Gasteiger partial charge in [-0.2, -0.15) is 5.10 Å². The molecule has 0 N–H and O–H groups in total. The Morgan fingerprint density at radius 2 is 1.85 bits per heavy atom. The van der Waals surface area contributed by atoms with Crippen LogP contribution >= 0.6 is 15.9 Å². The molecule has 0 spiro atoms. The van der Waals surface area contributed by atoms with E-state index in [1.165, 1.54) is 0 Å². The number of benzene rings is 1. The van der Waals surface area contributed by atoms with Gasteiger partial charge in [-0.1, -0.05) is 6.07 Å². The minimum Gasteiger partial charge on any atom is -0.295 e. The third kappa shape index (κ3) is 1.91. The molecular formula is C14H15BrN4O. The molecule has 0 aliphatic carbocycles. The first-order chi connectivity index (χ1) is 9.49. The third-order valence-corrected chi connectivity index (χ3v) is 4.17. The lowest BCUT2D eigenvalue weighted by Gasteiger charge is -2.13. The highest BCUT2D eigenvalue weighted by Gasteiger charge is 2.13. The van der Waals surface area contributed by atoms with E-state index in [4.69, 9.17) is 0 Å². The predicted molar refractivity (Wildman–Crippen MR) is 81.9 cm³/mol. The van der Waals surface area contributed by atoms with E-state index >= 15 is 0 Å². The molecule has 3 aromatic rings. The quantitative estimate of drug-likeness (QED) is 0.722. The summed E-state index contributed by atoms with van der Waals surface area (Å²) >= 11 is 3.36.